The smallest absolute Gasteiger partial charge is 0.224 e. The van der Waals surface area contributed by atoms with Crippen LogP contribution < -0.4 is 15.0 Å². The highest BCUT2D eigenvalue weighted by molar-refractivity contribution is 6.30. The van der Waals surface area contributed by atoms with Gasteiger partial charge in [-0.25, -0.2) is 4.39 Å². The van der Waals surface area contributed by atoms with Gasteiger partial charge >= 0.3 is 0 Å². The number of carbonyl (C=O) groups excluding carboxylic acids is 1. The van der Waals surface area contributed by atoms with Gasteiger partial charge < -0.3 is 15.0 Å². The van der Waals surface area contributed by atoms with E-state index >= 15 is 0 Å². The topological polar surface area (TPSA) is 41.6 Å². The molecule has 0 spiro atoms. The lowest BCUT2D eigenvalue weighted by molar-refractivity contribution is -0.123. The van der Waals surface area contributed by atoms with Crippen LogP contribution >= 0.6 is 11.6 Å². The number of hydrogen-bond acceptors (Lipinski definition) is 3. The molecule has 1 aliphatic carbocycles. The number of benzene rings is 2. The summed E-state index contributed by atoms with van der Waals surface area (Å²) in [6, 6.07) is 12.3. The van der Waals surface area contributed by atoms with Crippen LogP contribution in [0.25, 0.3) is 0 Å². The molecule has 1 saturated carbocycles. The molecule has 6 heteroatoms. The van der Waals surface area contributed by atoms with Crippen molar-refractivity contribution in [2.75, 3.05) is 25.1 Å². The Morgan fingerprint density at radius 1 is 1.30 bits per heavy atom. The van der Waals surface area contributed by atoms with Gasteiger partial charge in [-0.15, -0.1) is 0 Å². The van der Waals surface area contributed by atoms with Crippen LogP contribution in [0.2, 0.25) is 5.02 Å². The van der Waals surface area contributed by atoms with Gasteiger partial charge in [0, 0.05) is 30.1 Å². The highest BCUT2D eigenvalue weighted by Gasteiger charge is 2.45. The van der Waals surface area contributed by atoms with Crippen molar-refractivity contribution in [1.82, 2.24) is 5.32 Å². The molecule has 4 rings (SSSR count). The van der Waals surface area contributed by atoms with Gasteiger partial charge in [0.05, 0.1) is 12.8 Å². The van der Waals surface area contributed by atoms with Gasteiger partial charge in [-0.3, -0.25) is 4.79 Å². The third-order valence-electron chi connectivity index (χ3n) is 5.45. The van der Waals surface area contributed by atoms with Gasteiger partial charge in [0.25, 0.3) is 0 Å². The van der Waals surface area contributed by atoms with E-state index < -0.39 is 0 Å². The van der Waals surface area contributed by atoms with Crippen LogP contribution in [0.5, 0.6) is 5.75 Å². The molecule has 1 N–H and O–H groups in total. The van der Waals surface area contributed by atoms with Gasteiger partial charge in [0.15, 0.2) is 0 Å². The van der Waals surface area contributed by atoms with Crippen molar-refractivity contribution in [1.29, 1.82) is 0 Å². The summed E-state index contributed by atoms with van der Waals surface area (Å²) in [5.74, 6) is 0.438. The van der Waals surface area contributed by atoms with Crippen LogP contribution in [0.4, 0.5) is 10.1 Å². The predicted octanol–water partition coefficient (Wildman–Crippen LogP) is 3.99. The van der Waals surface area contributed by atoms with Gasteiger partial charge in [0.2, 0.25) is 5.91 Å². The number of nitrogens with zero attached hydrogens (tertiary/aromatic N) is 1. The van der Waals surface area contributed by atoms with Crippen LogP contribution in [0.15, 0.2) is 42.5 Å². The number of methoxy groups -OCH3 is 1. The van der Waals surface area contributed by atoms with Crippen molar-refractivity contribution in [3.8, 4) is 5.75 Å². The summed E-state index contributed by atoms with van der Waals surface area (Å²) in [5, 5.41) is 3.79. The van der Waals surface area contributed by atoms with E-state index in [2.05, 4.69) is 10.2 Å². The molecule has 2 aromatic rings. The maximum atomic E-state index is 13.9. The fraction of sp³-hybridized carbons (Fsp3) is 0.381. The standard InChI is InChI=1S/C21H22ClFN2O2/c1-27-20-7-6-13(22)10-19(20)25-9-8-14(12-25)24-21(26)17-11-16(17)15-4-2-3-5-18(15)23/h2-7,10,14,16-17H,8-9,11-12H2,1H3,(H,24,26). The maximum absolute atomic E-state index is 13.9. The first kappa shape index (κ1) is 18.1. The van der Waals surface area contributed by atoms with Crippen molar-refractivity contribution >= 4 is 23.2 Å². The zero-order chi connectivity index (χ0) is 19.0. The Morgan fingerprint density at radius 3 is 2.89 bits per heavy atom. The van der Waals surface area contributed by atoms with E-state index in [-0.39, 0.29) is 29.6 Å². The normalized spacial score (nSPS) is 24.0. The molecule has 1 saturated heterocycles. The highest BCUT2D eigenvalue weighted by Crippen LogP contribution is 2.48. The Bertz CT molecular complexity index is 860. The first-order valence-electron chi connectivity index (χ1n) is 9.20. The van der Waals surface area contributed by atoms with Crippen LogP contribution in [-0.4, -0.2) is 32.1 Å². The molecule has 3 atom stereocenters. The lowest BCUT2D eigenvalue weighted by Crippen LogP contribution is -2.38. The summed E-state index contributed by atoms with van der Waals surface area (Å²) in [6.45, 7) is 1.53. The molecule has 0 bridgehead atoms. The molecular formula is C21H22ClFN2O2. The second-order valence-corrected chi connectivity index (χ2v) is 7.66. The van der Waals surface area contributed by atoms with E-state index in [1.54, 1.807) is 25.3 Å². The monoisotopic (exact) mass is 388 g/mol. The molecule has 4 nitrogen and oxygen atoms in total. The van der Waals surface area contributed by atoms with E-state index in [0.29, 0.717) is 23.6 Å². The number of halogens is 2. The Labute approximate surface area is 163 Å². The average Bonchev–Trinajstić information content (AvgIpc) is 3.33. The Balaban J connectivity index is 1.36. The summed E-state index contributed by atoms with van der Waals surface area (Å²) < 4.78 is 19.3. The van der Waals surface area contributed by atoms with Gasteiger partial charge in [-0.05, 0) is 48.6 Å². The number of nitrogens with one attached hydrogen (secondary N) is 1. The van der Waals surface area contributed by atoms with E-state index in [4.69, 9.17) is 16.3 Å². The largest absolute Gasteiger partial charge is 0.495 e. The Kier molecular flexibility index (Phi) is 4.96. The summed E-state index contributed by atoms with van der Waals surface area (Å²) in [5.41, 5.74) is 1.59. The third-order valence-corrected chi connectivity index (χ3v) is 5.68. The molecule has 0 radical (unpaired) electrons. The fourth-order valence-corrected chi connectivity index (χ4v) is 4.09. The summed E-state index contributed by atoms with van der Waals surface area (Å²) in [6.07, 6.45) is 1.57. The number of hydrogen-bond donors (Lipinski definition) is 1. The maximum Gasteiger partial charge on any atom is 0.224 e. The lowest BCUT2D eigenvalue weighted by Gasteiger charge is -2.21. The Morgan fingerprint density at radius 2 is 2.11 bits per heavy atom. The zero-order valence-corrected chi connectivity index (χ0v) is 15.9. The molecule has 2 fully saturated rings. The number of ether oxygens (including phenoxy) is 1. The van der Waals surface area contributed by atoms with Crippen LogP contribution in [-0.2, 0) is 4.79 Å². The van der Waals surface area contributed by atoms with Crippen molar-refractivity contribution in [2.45, 2.75) is 24.8 Å². The second-order valence-electron chi connectivity index (χ2n) is 7.23. The molecular weight excluding hydrogens is 367 g/mol. The van der Waals surface area contributed by atoms with Crippen LogP contribution in [0.3, 0.4) is 0 Å². The predicted molar refractivity (Wildman–Crippen MR) is 104 cm³/mol. The highest BCUT2D eigenvalue weighted by atomic mass is 35.5. The minimum Gasteiger partial charge on any atom is -0.495 e. The average molecular weight is 389 g/mol. The number of anilines is 1. The van der Waals surface area contributed by atoms with Crippen LogP contribution in [0, 0.1) is 11.7 Å². The van der Waals surface area contributed by atoms with Crippen molar-refractivity contribution in [3.05, 3.63) is 58.9 Å². The van der Waals surface area contributed by atoms with Crippen molar-refractivity contribution in [3.63, 3.8) is 0 Å². The minimum atomic E-state index is -0.224. The lowest BCUT2D eigenvalue weighted by atomic mass is 10.1. The summed E-state index contributed by atoms with van der Waals surface area (Å²) >= 11 is 6.13. The number of rotatable bonds is 5. The van der Waals surface area contributed by atoms with E-state index in [9.17, 15) is 9.18 Å². The van der Waals surface area contributed by atoms with Gasteiger partial charge in [-0.1, -0.05) is 29.8 Å². The van der Waals surface area contributed by atoms with Crippen LogP contribution in [0.1, 0.15) is 24.3 Å². The molecule has 1 aliphatic heterocycles. The van der Waals surface area contributed by atoms with E-state index in [1.165, 1.54) is 6.07 Å². The second kappa shape index (κ2) is 7.39. The van der Waals surface area contributed by atoms with E-state index in [1.807, 2.05) is 18.2 Å². The molecule has 27 heavy (non-hydrogen) atoms. The molecule has 0 aromatic heterocycles. The molecule has 1 amide bonds. The molecule has 1 heterocycles. The SMILES string of the molecule is COc1ccc(Cl)cc1N1CCC(NC(=O)C2CC2c2ccccc2F)C1. The summed E-state index contributed by atoms with van der Waals surface area (Å²) in [7, 11) is 1.64. The number of carbonyl (C=O) groups is 1. The van der Waals surface area contributed by atoms with E-state index in [0.717, 1.165) is 24.4 Å². The molecule has 2 aliphatic rings. The Hall–Kier alpha value is -2.27. The molecule has 142 valence electrons. The first-order valence-corrected chi connectivity index (χ1v) is 9.58. The zero-order valence-electron chi connectivity index (χ0n) is 15.1. The number of amides is 1. The quantitative estimate of drug-likeness (QED) is 0.842. The summed E-state index contributed by atoms with van der Waals surface area (Å²) in [4.78, 5) is 14.8. The fourth-order valence-electron chi connectivity index (χ4n) is 3.92. The van der Waals surface area contributed by atoms with Crippen molar-refractivity contribution in [2.24, 2.45) is 5.92 Å². The van der Waals surface area contributed by atoms with Crippen molar-refractivity contribution < 1.29 is 13.9 Å². The minimum absolute atomic E-state index is 0.00303. The van der Waals surface area contributed by atoms with Gasteiger partial charge in [-0.2, -0.15) is 0 Å². The molecule has 2 aromatic carbocycles. The molecule has 3 unspecified atom stereocenters. The third kappa shape index (κ3) is 3.74. The first-order chi connectivity index (χ1) is 13.1. The van der Waals surface area contributed by atoms with Gasteiger partial charge in [0.1, 0.15) is 11.6 Å².